The van der Waals surface area contributed by atoms with Crippen LogP contribution in [0, 0.1) is 13.8 Å². The molecule has 1 aromatic heterocycles. The second-order valence-electron chi connectivity index (χ2n) is 8.34. The van der Waals surface area contributed by atoms with Gasteiger partial charge >= 0.3 is 0 Å². The Morgan fingerprint density at radius 3 is 2.39 bits per heavy atom. The molecule has 0 N–H and O–H groups in total. The number of hydrogen-bond donors (Lipinski definition) is 0. The summed E-state index contributed by atoms with van der Waals surface area (Å²) in [6.45, 7) is 6.05. The summed E-state index contributed by atoms with van der Waals surface area (Å²) in [7, 11) is 1.60. The Labute approximate surface area is 194 Å². The molecule has 0 aliphatic carbocycles. The topological polar surface area (TPSA) is 75.9 Å². The Bertz CT molecular complexity index is 1130. The highest BCUT2D eigenvalue weighted by Crippen LogP contribution is 2.22. The van der Waals surface area contributed by atoms with Crippen LogP contribution in [0.1, 0.15) is 33.8 Å². The second kappa shape index (κ2) is 9.90. The zero-order valence-corrected chi connectivity index (χ0v) is 19.3. The molecule has 2 heterocycles. The van der Waals surface area contributed by atoms with Crippen molar-refractivity contribution < 1.29 is 18.7 Å². The fourth-order valence-corrected chi connectivity index (χ4v) is 3.94. The fraction of sp³-hybridized carbons (Fsp3) is 0.346. The number of rotatable bonds is 6. The highest BCUT2D eigenvalue weighted by Gasteiger charge is 2.25. The minimum atomic E-state index is -0.0381. The predicted octanol–water partition coefficient (Wildman–Crippen LogP) is 3.88. The van der Waals surface area contributed by atoms with Gasteiger partial charge in [-0.2, -0.15) is 0 Å². The zero-order valence-electron chi connectivity index (χ0n) is 19.3. The number of aromatic nitrogens is 1. The Kier molecular flexibility index (Phi) is 6.77. The predicted molar refractivity (Wildman–Crippen MR) is 125 cm³/mol. The molecule has 0 bridgehead atoms. The molecule has 172 valence electrons. The van der Waals surface area contributed by atoms with E-state index in [-0.39, 0.29) is 11.8 Å². The van der Waals surface area contributed by atoms with Crippen molar-refractivity contribution >= 4 is 11.8 Å². The van der Waals surface area contributed by atoms with Gasteiger partial charge in [-0.3, -0.25) is 9.59 Å². The Balaban J connectivity index is 1.27. The van der Waals surface area contributed by atoms with Crippen molar-refractivity contribution in [1.82, 2.24) is 14.8 Å². The van der Waals surface area contributed by atoms with Crippen LogP contribution in [0.4, 0.5) is 0 Å². The molecule has 4 rings (SSSR count). The lowest BCUT2D eigenvalue weighted by atomic mass is 10.1. The summed E-state index contributed by atoms with van der Waals surface area (Å²) in [5.74, 6) is 1.98. The van der Waals surface area contributed by atoms with Crippen molar-refractivity contribution in [3.8, 4) is 17.1 Å². The van der Waals surface area contributed by atoms with Crippen LogP contribution in [-0.2, 0) is 11.2 Å². The number of ether oxygens (including phenoxy) is 1. The van der Waals surface area contributed by atoms with E-state index in [0.717, 1.165) is 11.1 Å². The minimum absolute atomic E-state index is 0.0381. The number of benzene rings is 2. The monoisotopic (exact) mass is 447 g/mol. The molecule has 0 radical (unpaired) electrons. The van der Waals surface area contributed by atoms with Crippen molar-refractivity contribution in [3.63, 3.8) is 0 Å². The van der Waals surface area contributed by atoms with Gasteiger partial charge in [0.05, 0.1) is 13.3 Å². The third kappa shape index (κ3) is 5.25. The molecule has 1 fully saturated rings. The average Bonchev–Trinajstić information content (AvgIpc) is 3.32. The third-order valence-electron chi connectivity index (χ3n) is 6.02. The number of nitrogens with zero attached hydrogens (tertiary/aromatic N) is 3. The average molecular weight is 448 g/mol. The summed E-state index contributed by atoms with van der Waals surface area (Å²) in [4.78, 5) is 33.5. The molecule has 7 nitrogen and oxygen atoms in total. The van der Waals surface area contributed by atoms with Crippen LogP contribution in [0.5, 0.6) is 5.75 Å². The van der Waals surface area contributed by atoms with Gasteiger partial charge in [0.25, 0.3) is 5.91 Å². The van der Waals surface area contributed by atoms with Crippen molar-refractivity contribution in [2.45, 2.75) is 26.7 Å². The largest absolute Gasteiger partial charge is 0.496 e. The maximum absolute atomic E-state index is 12.9. The van der Waals surface area contributed by atoms with Crippen molar-refractivity contribution in [2.75, 3.05) is 33.3 Å². The number of aryl methyl sites for hydroxylation is 3. The van der Waals surface area contributed by atoms with E-state index in [2.05, 4.69) is 4.98 Å². The minimum Gasteiger partial charge on any atom is -0.496 e. The van der Waals surface area contributed by atoms with E-state index in [1.165, 1.54) is 5.56 Å². The molecule has 0 saturated carbocycles. The Morgan fingerprint density at radius 2 is 1.70 bits per heavy atom. The van der Waals surface area contributed by atoms with Gasteiger partial charge in [-0.1, -0.05) is 35.9 Å². The summed E-state index contributed by atoms with van der Waals surface area (Å²) in [5, 5.41) is 0. The molecular weight excluding hydrogens is 418 g/mol. The lowest BCUT2D eigenvalue weighted by molar-refractivity contribution is -0.132. The number of hydrogen-bond acceptors (Lipinski definition) is 5. The SMILES string of the molecule is COc1cc(C(=O)N2CCN(C(=O)CCc3ncc(-c4ccc(C)cc4)o3)CC2)ccc1C. The molecule has 2 aromatic carbocycles. The van der Waals surface area contributed by atoms with E-state index in [1.54, 1.807) is 24.3 Å². The number of amides is 2. The molecule has 1 saturated heterocycles. The van der Waals surface area contributed by atoms with Gasteiger partial charge in [0.2, 0.25) is 5.91 Å². The highest BCUT2D eigenvalue weighted by molar-refractivity contribution is 5.95. The molecule has 7 heteroatoms. The van der Waals surface area contributed by atoms with E-state index >= 15 is 0 Å². The molecule has 1 aliphatic heterocycles. The summed E-state index contributed by atoms with van der Waals surface area (Å²) >= 11 is 0. The summed E-state index contributed by atoms with van der Waals surface area (Å²) in [5.41, 5.74) is 3.74. The smallest absolute Gasteiger partial charge is 0.254 e. The van der Waals surface area contributed by atoms with E-state index < -0.39 is 0 Å². The standard InChI is InChI=1S/C26H29N3O4/c1-18-4-7-20(8-5-18)23-17-27-24(33-23)10-11-25(30)28-12-14-29(15-13-28)26(31)21-9-6-19(2)22(16-21)32-3/h4-9,16-17H,10-15H2,1-3H3. The molecule has 0 atom stereocenters. The van der Waals surface area contributed by atoms with Crippen molar-refractivity contribution in [2.24, 2.45) is 0 Å². The van der Waals surface area contributed by atoms with Crippen LogP contribution in [0.2, 0.25) is 0 Å². The molecule has 33 heavy (non-hydrogen) atoms. The normalized spacial score (nSPS) is 13.8. The zero-order chi connectivity index (χ0) is 23.4. The van der Waals surface area contributed by atoms with Gasteiger partial charge in [-0.15, -0.1) is 0 Å². The first-order valence-corrected chi connectivity index (χ1v) is 11.2. The molecule has 0 unspecified atom stereocenters. The maximum atomic E-state index is 12.9. The van der Waals surface area contributed by atoms with E-state index in [1.807, 2.05) is 55.1 Å². The van der Waals surface area contributed by atoms with Gasteiger partial charge in [0.15, 0.2) is 11.7 Å². The van der Waals surface area contributed by atoms with Crippen LogP contribution >= 0.6 is 0 Å². The Morgan fingerprint density at radius 1 is 1.00 bits per heavy atom. The van der Waals surface area contributed by atoms with Gasteiger partial charge in [-0.25, -0.2) is 4.98 Å². The first-order valence-electron chi connectivity index (χ1n) is 11.2. The molecule has 2 amide bonds. The summed E-state index contributed by atoms with van der Waals surface area (Å²) in [6.07, 6.45) is 2.49. The maximum Gasteiger partial charge on any atom is 0.254 e. The summed E-state index contributed by atoms with van der Waals surface area (Å²) in [6, 6.07) is 13.5. The number of carbonyl (C=O) groups is 2. The first-order chi connectivity index (χ1) is 15.9. The molecule has 3 aromatic rings. The van der Waals surface area contributed by atoms with Gasteiger partial charge in [0, 0.05) is 50.1 Å². The third-order valence-corrected chi connectivity index (χ3v) is 6.02. The Hall–Kier alpha value is -3.61. The molecule has 1 aliphatic rings. The molecule has 0 spiro atoms. The van der Waals surface area contributed by atoms with Crippen LogP contribution in [0.15, 0.2) is 53.1 Å². The lowest BCUT2D eigenvalue weighted by Gasteiger charge is -2.35. The molecular formula is C26H29N3O4. The first kappa shape index (κ1) is 22.6. The van der Waals surface area contributed by atoms with Crippen molar-refractivity contribution in [3.05, 3.63) is 71.2 Å². The summed E-state index contributed by atoms with van der Waals surface area (Å²) < 4.78 is 11.2. The van der Waals surface area contributed by atoms with Crippen LogP contribution in [0.25, 0.3) is 11.3 Å². The van der Waals surface area contributed by atoms with Crippen LogP contribution < -0.4 is 4.74 Å². The number of methoxy groups -OCH3 is 1. The van der Waals surface area contributed by atoms with E-state index in [9.17, 15) is 9.59 Å². The lowest BCUT2D eigenvalue weighted by Crippen LogP contribution is -2.50. The van der Waals surface area contributed by atoms with E-state index in [0.29, 0.717) is 62.0 Å². The van der Waals surface area contributed by atoms with Gasteiger partial charge in [0.1, 0.15) is 5.75 Å². The van der Waals surface area contributed by atoms with Crippen LogP contribution in [-0.4, -0.2) is 59.9 Å². The quantitative estimate of drug-likeness (QED) is 0.573. The van der Waals surface area contributed by atoms with Gasteiger partial charge < -0.3 is 19.0 Å². The number of carbonyl (C=O) groups excluding carboxylic acids is 2. The fourth-order valence-electron chi connectivity index (χ4n) is 3.94. The van der Waals surface area contributed by atoms with Crippen LogP contribution in [0.3, 0.4) is 0 Å². The number of oxazole rings is 1. The highest BCUT2D eigenvalue weighted by atomic mass is 16.5. The van der Waals surface area contributed by atoms with E-state index in [4.69, 9.17) is 9.15 Å². The van der Waals surface area contributed by atoms with Gasteiger partial charge in [-0.05, 0) is 31.5 Å². The van der Waals surface area contributed by atoms with Crippen molar-refractivity contribution in [1.29, 1.82) is 0 Å². The second-order valence-corrected chi connectivity index (χ2v) is 8.34. The number of piperazine rings is 1.